The summed E-state index contributed by atoms with van der Waals surface area (Å²) < 4.78 is 5.36. The highest BCUT2D eigenvalue weighted by Crippen LogP contribution is 2.27. The second-order valence-electron chi connectivity index (χ2n) is 5.62. The molecule has 0 saturated heterocycles. The minimum atomic E-state index is -0.548. The number of aryl methyl sites for hydroxylation is 1. The number of hydrogen-bond acceptors (Lipinski definition) is 5. The molecule has 0 atom stereocenters. The molecule has 3 aromatic rings. The zero-order valence-corrected chi connectivity index (χ0v) is 16.5. The van der Waals surface area contributed by atoms with Crippen LogP contribution in [-0.2, 0) is 11.2 Å². The van der Waals surface area contributed by atoms with Gasteiger partial charge < -0.3 is 4.42 Å². The lowest BCUT2D eigenvalue weighted by atomic mass is 10.1. The Morgan fingerprint density at radius 2 is 2.19 bits per heavy atom. The summed E-state index contributed by atoms with van der Waals surface area (Å²) in [5, 5.41) is 13.5. The van der Waals surface area contributed by atoms with Crippen molar-refractivity contribution < 1.29 is 9.21 Å². The average Bonchev–Trinajstić information content (AvgIpc) is 3.24. The van der Waals surface area contributed by atoms with Crippen LogP contribution in [0.3, 0.4) is 0 Å². The number of anilines is 1. The number of thiazole rings is 1. The Bertz CT molecular complexity index is 1060. The van der Waals surface area contributed by atoms with E-state index in [1.54, 1.807) is 43.5 Å². The third kappa shape index (κ3) is 4.98. The molecule has 136 valence electrons. The van der Waals surface area contributed by atoms with Crippen molar-refractivity contribution in [3.05, 3.63) is 74.1 Å². The Kier molecular flexibility index (Phi) is 5.97. The molecule has 8 heteroatoms. The summed E-state index contributed by atoms with van der Waals surface area (Å²) in [6, 6.07) is 10.6. The van der Waals surface area contributed by atoms with Gasteiger partial charge >= 0.3 is 0 Å². The van der Waals surface area contributed by atoms with Crippen LogP contribution < -0.4 is 5.32 Å². The van der Waals surface area contributed by atoms with Gasteiger partial charge in [-0.3, -0.25) is 10.1 Å². The number of amides is 1. The molecular formula is C19H13Cl2N3O2S. The van der Waals surface area contributed by atoms with Crippen LogP contribution in [0.1, 0.15) is 22.0 Å². The van der Waals surface area contributed by atoms with E-state index in [1.807, 2.05) is 6.07 Å². The third-order valence-electron chi connectivity index (χ3n) is 3.56. The molecule has 1 aromatic carbocycles. The molecule has 0 unspecified atom stereocenters. The van der Waals surface area contributed by atoms with Gasteiger partial charge in [0.25, 0.3) is 5.91 Å². The second-order valence-corrected chi connectivity index (χ2v) is 7.58. The SMILES string of the molecule is Cc1ccc(C=C(C#N)C(=O)Nc2ncc(Cc3cc(Cl)ccc3Cl)s2)o1. The zero-order chi connectivity index (χ0) is 19.4. The molecule has 0 aliphatic carbocycles. The summed E-state index contributed by atoms with van der Waals surface area (Å²) in [5.74, 6) is 0.589. The highest BCUT2D eigenvalue weighted by atomic mass is 35.5. The van der Waals surface area contributed by atoms with Crippen LogP contribution in [0.4, 0.5) is 5.13 Å². The highest BCUT2D eigenvalue weighted by molar-refractivity contribution is 7.15. The highest BCUT2D eigenvalue weighted by Gasteiger charge is 2.13. The molecule has 0 bridgehead atoms. The first-order valence-electron chi connectivity index (χ1n) is 7.83. The lowest BCUT2D eigenvalue weighted by Gasteiger charge is -2.02. The van der Waals surface area contributed by atoms with Gasteiger partial charge in [-0.25, -0.2) is 4.98 Å². The Morgan fingerprint density at radius 3 is 2.89 bits per heavy atom. The van der Waals surface area contributed by atoms with Gasteiger partial charge in [0.2, 0.25) is 0 Å². The first-order valence-corrected chi connectivity index (χ1v) is 9.40. The first-order chi connectivity index (χ1) is 12.9. The largest absolute Gasteiger partial charge is 0.462 e. The summed E-state index contributed by atoms with van der Waals surface area (Å²) in [6.07, 6.45) is 3.59. The standard InChI is InChI=1S/C19H13Cl2N3O2S/c1-11-2-4-15(26-11)7-13(9-22)18(25)24-19-23-10-16(27-19)8-12-6-14(20)3-5-17(12)21/h2-7,10H,8H2,1H3,(H,23,24,25). The number of aromatic nitrogens is 1. The van der Waals surface area contributed by atoms with Crippen molar-refractivity contribution in [3.63, 3.8) is 0 Å². The van der Waals surface area contributed by atoms with Crippen LogP contribution in [0.2, 0.25) is 10.0 Å². The molecular weight excluding hydrogens is 405 g/mol. The summed E-state index contributed by atoms with van der Waals surface area (Å²) in [5.41, 5.74) is 0.801. The van der Waals surface area contributed by atoms with Gasteiger partial charge in [-0.2, -0.15) is 5.26 Å². The number of carbonyl (C=O) groups excluding carboxylic acids is 1. The molecule has 0 fully saturated rings. The topological polar surface area (TPSA) is 78.9 Å². The Labute approximate surface area is 169 Å². The monoisotopic (exact) mass is 417 g/mol. The van der Waals surface area contributed by atoms with E-state index < -0.39 is 5.91 Å². The van der Waals surface area contributed by atoms with Crippen LogP contribution >= 0.6 is 34.5 Å². The van der Waals surface area contributed by atoms with E-state index in [4.69, 9.17) is 27.6 Å². The normalized spacial score (nSPS) is 11.3. The number of benzene rings is 1. The molecule has 1 N–H and O–H groups in total. The Hall–Kier alpha value is -2.59. The maximum Gasteiger partial charge on any atom is 0.268 e. The minimum Gasteiger partial charge on any atom is -0.462 e. The van der Waals surface area contributed by atoms with Gasteiger partial charge in [0.15, 0.2) is 5.13 Å². The van der Waals surface area contributed by atoms with Crippen LogP contribution in [0.25, 0.3) is 6.08 Å². The predicted molar refractivity (Wildman–Crippen MR) is 107 cm³/mol. The van der Waals surface area contributed by atoms with Crippen molar-refractivity contribution in [2.24, 2.45) is 0 Å². The summed E-state index contributed by atoms with van der Waals surface area (Å²) in [6.45, 7) is 1.78. The maximum atomic E-state index is 12.3. The number of furan rings is 1. The fourth-order valence-electron chi connectivity index (χ4n) is 2.30. The van der Waals surface area contributed by atoms with Crippen LogP contribution in [0, 0.1) is 18.3 Å². The molecule has 0 aliphatic rings. The molecule has 0 saturated carbocycles. The number of rotatable bonds is 5. The molecule has 5 nitrogen and oxygen atoms in total. The number of carbonyl (C=O) groups is 1. The van der Waals surface area contributed by atoms with E-state index in [9.17, 15) is 10.1 Å². The van der Waals surface area contributed by atoms with Crippen molar-refractivity contribution in [1.82, 2.24) is 4.98 Å². The van der Waals surface area contributed by atoms with Gasteiger partial charge in [0.05, 0.1) is 0 Å². The summed E-state index contributed by atoms with van der Waals surface area (Å²) >= 11 is 13.5. The van der Waals surface area contributed by atoms with E-state index in [1.165, 1.54) is 17.4 Å². The molecule has 3 rings (SSSR count). The first kappa shape index (κ1) is 19.2. The van der Waals surface area contributed by atoms with E-state index in [0.29, 0.717) is 33.1 Å². The van der Waals surface area contributed by atoms with E-state index in [0.717, 1.165) is 10.4 Å². The van der Waals surface area contributed by atoms with Crippen molar-refractivity contribution in [2.75, 3.05) is 5.32 Å². The number of nitrogens with zero attached hydrogens (tertiary/aromatic N) is 2. The fourth-order valence-corrected chi connectivity index (χ4v) is 3.51. The number of halogens is 2. The van der Waals surface area contributed by atoms with E-state index in [2.05, 4.69) is 10.3 Å². The third-order valence-corrected chi connectivity index (χ3v) is 5.08. The van der Waals surface area contributed by atoms with Crippen molar-refractivity contribution in [3.8, 4) is 6.07 Å². The van der Waals surface area contributed by atoms with Crippen LogP contribution in [0.5, 0.6) is 0 Å². The van der Waals surface area contributed by atoms with E-state index >= 15 is 0 Å². The molecule has 0 radical (unpaired) electrons. The number of nitrogens with one attached hydrogen (secondary N) is 1. The lowest BCUT2D eigenvalue weighted by molar-refractivity contribution is -0.112. The molecule has 0 spiro atoms. The molecule has 0 aliphatic heterocycles. The molecule has 2 heterocycles. The summed E-state index contributed by atoms with van der Waals surface area (Å²) in [7, 11) is 0. The van der Waals surface area contributed by atoms with Crippen molar-refractivity contribution in [2.45, 2.75) is 13.3 Å². The summed E-state index contributed by atoms with van der Waals surface area (Å²) in [4.78, 5) is 17.4. The van der Waals surface area contributed by atoms with Crippen molar-refractivity contribution in [1.29, 1.82) is 5.26 Å². The van der Waals surface area contributed by atoms with Gasteiger partial charge in [-0.1, -0.05) is 23.2 Å². The molecule has 27 heavy (non-hydrogen) atoms. The quantitative estimate of drug-likeness (QED) is 0.439. The van der Waals surface area contributed by atoms with Crippen LogP contribution in [0.15, 0.2) is 46.5 Å². The second kappa shape index (κ2) is 8.40. The number of hydrogen-bond donors (Lipinski definition) is 1. The van der Waals surface area contributed by atoms with Gasteiger partial charge in [0.1, 0.15) is 23.2 Å². The number of nitriles is 1. The Morgan fingerprint density at radius 1 is 1.37 bits per heavy atom. The maximum absolute atomic E-state index is 12.3. The average molecular weight is 418 g/mol. The van der Waals surface area contributed by atoms with Gasteiger partial charge in [-0.05, 0) is 42.8 Å². The van der Waals surface area contributed by atoms with Gasteiger partial charge in [-0.15, -0.1) is 11.3 Å². The van der Waals surface area contributed by atoms with Gasteiger partial charge in [0, 0.05) is 33.6 Å². The van der Waals surface area contributed by atoms with Crippen molar-refractivity contribution >= 4 is 51.7 Å². The predicted octanol–water partition coefficient (Wildman–Crippen LogP) is 5.49. The van der Waals surface area contributed by atoms with Crippen LogP contribution in [-0.4, -0.2) is 10.9 Å². The molecule has 2 aromatic heterocycles. The minimum absolute atomic E-state index is 0.0704. The zero-order valence-electron chi connectivity index (χ0n) is 14.1. The Balaban J connectivity index is 1.71. The molecule has 1 amide bonds. The van der Waals surface area contributed by atoms with E-state index in [-0.39, 0.29) is 5.57 Å². The lowest BCUT2D eigenvalue weighted by Crippen LogP contribution is -2.13. The fraction of sp³-hybridized carbons (Fsp3) is 0.105. The smallest absolute Gasteiger partial charge is 0.268 e.